The summed E-state index contributed by atoms with van der Waals surface area (Å²) in [5, 5.41) is 19.4. The number of nitrogens with two attached hydrogens (primary N) is 1. The van der Waals surface area contributed by atoms with Crippen LogP contribution in [0.1, 0.15) is 72.1 Å². The van der Waals surface area contributed by atoms with Gasteiger partial charge in [0.05, 0.1) is 18.8 Å². The maximum Gasteiger partial charge on any atom is 0.217 e. The Morgan fingerprint density at radius 3 is 1.71 bits per heavy atom. The predicted molar refractivity (Wildman–Crippen MR) is 93.3 cm³/mol. The first kappa shape index (κ1) is 26.0. The molecule has 0 amide bonds. The number of unbranched alkanes of at least 4 members (excludes halogenated alkanes) is 7. The molecular weight excluding hydrogens is 334 g/mol. The zero-order chi connectivity index (χ0) is 18.8. The highest BCUT2D eigenvalue weighted by Crippen LogP contribution is 2.08. The molecule has 8 heteroatoms. The van der Waals surface area contributed by atoms with E-state index in [0.29, 0.717) is 19.5 Å². The molecule has 7 nitrogen and oxygen atoms in total. The van der Waals surface area contributed by atoms with Crippen molar-refractivity contribution >= 4 is 10.4 Å². The molecule has 24 heavy (non-hydrogen) atoms. The molecule has 0 aliphatic carbocycles. The lowest BCUT2D eigenvalue weighted by molar-refractivity contribution is -0.665. The summed E-state index contributed by atoms with van der Waals surface area (Å²) in [5.41, 5.74) is 0. The third-order valence-electron chi connectivity index (χ3n) is 3.24. The van der Waals surface area contributed by atoms with Crippen molar-refractivity contribution in [2.45, 2.75) is 84.3 Å². The molecule has 148 valence electrons. The summed E-state index contributed by atoms with van der Waals surface area (Å²) in [6, 6.07) is 0. The number of aliphatic hydroxyl groups excluding tert-OH is 2. The monoisotopic (exact) mass is 371 g/mol. The van der Waals surface area contributed by atoms with Gasteiger partial charge in [-0.15, -0.1) is 0 Å². The molecule has 2 unspecified atom stereocenters. The van der Waals surface area contributed by atoms with Gasteiger partial charge in [-0.3, -0.25) is 4.18 Å². The van der Waals surface area contributed by atoms with E-state index in [1.807, 2.05) is 5.32 Å². The van der Waals surface area contributed by atoms with Crippen LogP contribution in [0.3, 0.4) is 0 Å². The van der Waals surface area contributed by atoms with E-state index in [0.717, 1.165) is 12.8 Å². The third kappa shape index (κ3) is 29.7. The smallest absolute Gasteiger partial charge is 0.217 e. The number of rotatable bonds is 14. The normalized spacial score (nSPS) is 13.9. The molecule has 0 aliphatic heterocycles. The third-order valence-corrected chi connectivity index (χ3v) is 3.70. The molecule has 0 saturated carbocycles. The van der Waals surface area contributed by atoms with Gasteiger partial charge in [-0.2, -0.15) is 0 Å². The fraction of sp³-hybridized carbons (Fsp3) is 1.00. The first-order valence-electron chi connectivity index (χ1n) is 8.97. The molecule has 0 radical (unpaired) electrons. The fourth-order valence-electron chi connectivity index (χ4n) is 1.98. The van der Waals surface area contributed by atoms with Crippen LogP contribution in [0.5, 0.6) is 0 Å². The predicted octanol–water partition coefficient (Wildman–Crippen LogP) is 0.915. The molecule has 0 aromatic rings. The summed E-state index contributed by atoms with van der Waals surface area (Å²) in [7, 11) is -4.48. The van der Waals surface area contributed by atoms with Gasteiger partial charge in [-0.05, 0) is 20.3 Å². The summed E-state index contributed by atoms with van der Waals surface area (Å²) in [5.74, 6) is 0. The first-order valence-corrected chi connectivity index (χ1v) is 10.3. The average molecular weight is 372 g/mol. The van der Waals surface area contributed by atoms with E-state index in [1.165, 1.54) is 32.1 Å². The quantitative estimate of drug-likeness (QED) is 0.237. The van der Waals surface area contributed by atoms with Crippen molar-refractivity contribution in [3.05, 3.63) is 0 Å². The highest BCUT2D eigenvalue weighted by molar-refractivity contribution is 7.80. The molecule has 0 rings (SSSR count). The van der Waals surface area contributed by atoms with Gasteiger partial charge in [-0.1, -0.05) is 51.9 Å². The van der Waals surface area contributed by atoms with Crippen molar-refractivity contribution in [1.82, 2.24) is 0 Å². The van der Waals surface area contributed by atoms with E-state index < -0.39 is 10.4 Å². The minimum Gasteiger partial charge on any atom is -0.726 e. The second-order valence-corrected chi connectivity index (χ2v) is 7.22. The van der Waals surface area contributed by atoms with E-state index in [2.05, 4.69) is 11.1 Å². The molecule has 0 bridgehead atoms. The molecular formula is C16H37NO6S. The maximum atomic E-state index is 10.1. The van der Waals surface area contributed by atoms with Crippen molar-refractivity contribution in [1.29, 1.82) is 0 Å². The maximum absolute atomic E-state index is 10.1. The molecule has 0 fully saturated rings. The van der Waals surface area contributed by atoms with E-state index >= 15 is 0 Å². The van der Waals surface area contributed by atoms with Crippen LogP contribution >= 0.6 is 0 Å². The van der Waals surface area contributed by atoms with E-state index in [-0.39, 0.29) is 18.8 Å². The van der Waals surface area contributed by atoms with Gasteiger partial charge in [0.2, 0.25) is 10.4 Å². The van der Waals surface area contributed by atoms with Crippen LogP contribution in [0.2, 0.25) is 0 Å². The SMILES string of the molecule is CC(O)C[NH2+]CC(C)O.CCCCCCCCCCOS(=O)(=O)[O-]. The average Bonchev–Trinajstić information content (AvgIpc) is 2.44. The summed E-state index contributed by atoms with van der Waals surface area (Å²) in [6.45, 7) is 7.02. The van der Waals surface area contributed by atoms with Crippen LogP contribution < -0.4 is 5.32 Å². The van der Waals surface area contributed by atoms with E-state index in [1.54, 1.807) is 13.8 Å². The van der Waals surface area contributed by atoms with Gasteiger partial charge in [0, 0.05) is 0 Å². The molecule has 2 atom stereocenters. The van der Waals surface area contributed by atoms with Gasteiger partial charge < -0.3 is 20.1 Å². The summed E-state index contributed by atoms with van der Waals surface area (Å²) in [4.78, 5) is 0. The Hall–Kier alpha value is -0.250. The molecule has 0 saturated heterocycles. The summed E-state index contributed by atoms with van der Waals surface area (Å²) in [6.07, 6.45) is 8.36. The van der Waals surface area contributed by atoms with Crippen molar-refractivity contribution in [2.75, 3.05) is 19.7 Å². The second kappa shape index (κ2) is 17.6. The molecule has 0 aromatic carbocycles. The van der Waals surface area contributed by atoms with E-state index in [4.69, 9.17) is 10.2 Å². The van der Waals surface area contributed by atoms with Crippen molar-refractivity contribution in [3.63, 3.8) is 0 Å². The molecule has 0 heterocycles. The molecule has 0 aromatic heterocycles. The minimum atomic E-state index is -4.48. The van der Waals surface area contributed by atoms with Crippen LogP contribution in [-0.4, -0.2) is 55.1 Å². The summed E-state index contributed by atoms with van der Waals surface area (Å²) >= 11 is 0. The topological polar surface area (TPSA) is 124 Å². The van der Waals surface area contributed by atoms with Crippen LogP contribution in [0, 0.1) is 0 Å². The number of aliphatic hydroxyl groups is 2. The van der Waals surface area contributed by atoms with Crippen LogP contribution in [-0.2, 0) is 14.6 Å². The lowest BCUT2D eigenvalue weighted by atomic mass is 10.1. The standard InChI is InChI=1S/C10H22O4S.C6H15NO2/c1-2-3-4-5-6-7-8-9-10-14-15(11,12)13;1-5(8)3-7-4-6(2)9/h2-10H2,1H3,(H,11,12,13);5-9H,3-4H2,1-2H3. The Bertz CT molecular complexity index is 338. The van der Waals surface area contributed by atoms with Crippen LogP contribution in [0.4, 0.5) is 0 Å². The Morgan fingerprint density at radius 1 is 0.917 bits per heavy atom. The zero-order valence-corrected chi connectivity index (χ0v) is 16.3. The van der Waals surface area contributed by atoms with Gasteiger partial charge in [0.25, 0.3) is 0 Å². The largest absolute Gasteiger partial charge is 0.726 e. The Labute approximate surface area is 147 Å². The summed E-state index contributed by atoms with van der Waals surface area (Å²) < 4.78 is 34.3. The molecule has 4 N–H and O–H groups in total. The molecule has 0 aliphatic rings. The first-order chi connectivity index (χ1) is 11.2. The van der Waals surface area contributed by atoms with Crippen molar-refractivity contribution < 1.29 is 32.7 Å². The van der Waals surface area contributed by atoms with Crippen molar-refractivity contribution in [3.8, 4) is 0 Å². The number of quaternary nitrogens is 1. The Kier molecular flexibility index (Phi) is 19.0. The van der Waals surface area contributed by atoms with E-state index in [9.17, 15) is 13.0 Å². The van der Waals surface area contributed by atoms with Gasteiger partial charge >= 0.3 is 0 Å². The second-order valence-electron chi connectivity index (χ2n) is 6.16. The zero-order valence-electron chi connectivity index (χ0n) is 15.4. The van der Waals surface area contributed by atoms with Gasteiger partial charge in [0.1, 0.15) is 13.1 Å². The van der Waals surface area contributed by atoms with Gasteiger partial charge in [-0.25, -0.2) is 8.42 Å². The van der Waals surface area contributed by atoms with Crippen LogP contribution in [0.15, 0.2) is 0 Å². The van der Waals surface area contributed by atoms with Crippen LogP contribution in [0.25, 0.3) is 0 Å². The Balaban J connectivity index is 0. The lowest BCUT2D eigenvalue weighted by Gasteiger charge is -2.06. The molecule has 0 spiro atoms. The minimum absolute atomic E-state index is 0.0286. The van der Waals surface area contributed by atoms with Crippen molar-refractivity contribution in [2.24, 2.45) is 0 Å². The lowest BCUT2D eigenvalue weighted by Crippen LogP contribution is -2.88. The number of hydrogen-bond acceptors (Lipinski definition) is 6. The van der Waals surface area contributed by atoms with Gasteiger partial charge in [0.15, 0.2) is 0 Å². The highest BCUT2D eigenvalue weighted by atomic mass is 32.3. The highest BCUT2D eigenvalue weighted by Gasteiger charge is 2.00. The Morgan fingerprint density at radius 2 is 1.33 bits per heavy atom. The number of hydrogen-bond donors (Lipinski definition) is 3. The fourth-order valence-corrected chi connectivity index (χ4v) is 2.30.